The molecule has 1 aromatic carbocycles. The van der Waals surface area contributed by atoms with Crippen molar-refractivity contribution in [1.29, 1.82) is 5.26 Å². The lowest BCUT2D eigenvalue weighted by Crippen LogP contribution is -2.41. The smallest absolute Gasteiger partial charge is 0.400 e. The number of unbranched alkanes of at least 4 members (excludes halogenated alkanes) is 2. The van der Waals surface area contributed by atoms with E-state index >= 15 is 0 Å². The zero-order valence-electron chi connectivity index (χ0n) is 18.5. The number of para-hydroxylation sites is 1. The summed E-state index contributed by atoms with van der Waals surface area (Å²) in [6.07, 6.45) is 6.21. The Morgan fingerprint density at radius 3 is 2.45 bits per heavy atom. The summed E-state index contributed by atoms with van der Waals surface area (Å²) < 4.78 is 14.5. The Morgan fingerprint density at radius 1 is 1.14 bits per heavy atom. The quantitative estimate of drug-likeness (QED) is 0.419. The topological polar surface area (TPSA) is 47.2 Å². The largest absolute Gasteiger partial charge is 0.491 e. The SMILES string of the molecule is C=C(B1OC(C)(C)C(C)(C)O1)[C@H](C#N)CCCCCn1cc(C)c2ccccc21. The molecule has 0 aliphatic carbocycles. The van der Waals surface area contributed by atoms with Crippen LogP contribution < -0.4 is 0 Å². The van der Waals surface area contributed by atoms with Crippen LogP contribution in [-0.4, -0.2) is 22.9 Å². The fourth-order valence-electron chi connectivity index (χ4n) is 3.91. The Labute approximate surface area is 175 Å². The third-order valence-corrected chi connectivity index (χ3v) is 6.54. The van der Waals surface area contributed by atoms with E-state index in [1.54, 1.807) is 0 Å². The highest BCUT2D eigenvalue weighted by Crippen LogP contribution is 2.39. The van der Waals surface area contributed by atoms with E-state index in [2.05, 4.69) is 54.6 Å². The average molecular weight is 392 g/mol. The van der Waals surface area contributed by atoms with E-state index in [1.165, 1.54) is 16.5 Å². The monoisotopic (exact) mass is 392 g/mol. The molecule has 0 spiro atoms. The standard InChI is InChI=1S/C24H33BN2O2/c1-18-17-27(22-14-10-9-13-21(18)22)15-11-7-8-12-20(16-26)19(2)25-28-23(3,4)24(5,6)29-25/h9-10,13-14,17,20H,2,7-8,11-12,15H2,1,3-6H3/t20-/m0/s1. The third-order valence-electron chi connectivity index (χ3n) is 6.54. The molecule has 4 nitrogen and oxygen atoms in total. The van der Waals surface area contributed by atoms with Crippen LogP contribution in [0.15, 0.2) is 42.5 Å². The van der Waals surface area contributed by atoms with Crippen molar-refractivity contribution in [3.63, 3.8) is 0 Å². The number of benzene rings is 1. The minimum absolute atomic E-state index is 0.237. The fraction of sp³-hybridized carbons (Fsp3) is 0.542. The molecule has 0 saturated carbocycles. The van der Waals surface area contributed by atoms with Gasteiger partial charge >= 0.3 is 7.12 Å². The predicted octanol–water partition coefficient (Wildman–Crippen LogP) is 5.84. The third kappa shape index (κ3) is 4.44. The van der Waals surface area contributed by atoms with Crippen molar-refractivity contribution in [2.45, 2.75) is 78.0 Å². The van der Waals surface area contributed by atoms with Crippen LogP contribution in [0.1, 0.15) is 58.9 Å². The van der Waals surface area contributed by atoms with Gasteiger partial charge in [-0.15, -0.1) is 6.58 Å². The molecule has 3 rings (SSSR count). The van der Waals surface area contributed by atoms with E-state index in [0.29, 0.717) is 0 Å². The van der Waals surface area contributed by atoms with Crippen molar-refractivity contribution in [2.75, 3.05) is 0 Å². The molecule has 1 aromatic heterocycles. The van der Waals surface area contributed by atoms with Crippen molar-refractivity contribution < 1.29 is 9.31 Å². The van der Waals surface area contributed by atoms with Crippen LogP contribution in [0.25, 0.3) is 10.9 Å². The van der Waals surface area contributed by atoms with Crippen molar-refractivity contribution in [3.8, 4) is 6.07 Å². The Kier molecular flexibility index (Phi) is 6.26. The number of fused-ring (bicyclic) bond motifs is 1. The summed E-state index contributed by atoms with van der Waals surface area (Å²) in [6.45, 7) is 15.4. The second-order valence-corrected chi connectivity index (χ2v) is 9.22. The Hall–Kier alpha value is -2.03. The number of hydrogen-bond donors (Lipinski definition) is 0. The molecule has 0 bridgehead atoms. The zero-order chi connectivity index (χ0) is 21.2. The van der Waals surface area contributed by atoms with E-state index in [1.807, 2.05) is 27.7 Å². The van der Waals surface area contributed by atoms with Crippen LogP contribution in [0, 0.1) is 24.2 Å². The van der Waals surface area contributed by atoms with Gasteiger partial charge in [-0.05, 0) is 64.6 Å². The summed E-state index contributed by atoms with van der Waals surface area (Å²) in [4.78, 5) is 0. The van der Waals surface area contributed by atoms with Gasteiger partial charge in [0.25, 0.3) is 0 Å². The Bertz CT molecular complexity index is 907. The summed E-state index contributed by atoms with van der Waals surface area (Å²) in [6, 6.07) is 11.0. The molecule has 1 atom stereocenters. The van der Waals surface area contributed by atoms with Crippen molar-refractivity contribution in [2.24, 2.45) is 5.92 Å². The number of nitriles is 1. The van der Waals surface area contributed by atoms with Gasteiger partial charge in [0.05, 0.1) is 23.2 Å². The number of rotatable bonds is 8. The zero-order valence-corrected chi connectivity index (χ0v) is 18.5. The number of allylic oxidation sites excluding steroid dienone is 1. The van der Waals surface area contributed by atoms with E-state index in [-0.39, 0.29) is 5.92 Å². The van der Waals surface area contributed by atoms with Crippen molar-refractivity contribution >= 4 is 18.0 Å². The lowest BCUT2D eigenvalue weighted by molar-refractivity contribution is 0.00578. The van der Waals surface area contributed by atoms with Gasteiger partial charge in [-0.1, -0.05) is 31.0 Å². The van der Waals surface area contributed by atoms with Crippen molar-refractivity contribution in [1.82, 2.24) is 4.57 Å². The molecule has 0 radical (unpaired) electrons. The number of aryl methyl sites for hydroxylation is 2. The van der Waals surface area contributed by atoms with Gasteiger partial charge in [-0.3, -0.25) is 0 Å². The number of hydrogen-bond acceptors (Lipinski definition) is 3. The molecule has 0 amide bonds. The van der Waals surface area contributed by atoms with Crippen LogP contribution in [0.3, 0.4) is 0 Å². The van der Waals surface area contributed by atoms with Gasteiger partial charge in [-0.2, -0.15) is 5.26 Å². The second-order valence-electron chi connectivity index (χ2n) is 9.22. The highest BCUT2D eigenvalue weighted by Gasteiger charge is 2.52. The molecular weight excluding hydrogens is 359 g/mol. The van der Waals surface area contributed by atoms with E-state index in [0.717, 1.165) is 37.7 Å². The van der Waals surface area contributed by atoms with Crippen molar-refractivity contribution in [3.05, 3.63) is 48.1 Å². The Morgan fingerprint density at radius 2 is 1.79 bits per heavy atom. The molecule has 29 heavy (non-hydrogen) atoms. The molecule has 2 heterocycles. The predicted molar refractivity (Wildman–Crippen MR) is 119 cm³/mol. The van der Waals surface area contributed by atoms with Gasteiger partial charge < -0.3 is 13.9 Å². The maximum atomic E-state index is 9.65. The van der Waals surface area contributed by atoms with Crippen LogP contribution in [0.4, 0.5) is 0 Å². The van der Waals surface area contributed by atoms with E-state index in [4.69, 9.17) is 9.31 Å². The van der Waals surface area contributed by atoms with Gasteiger partial charge in [0.2, 0.25) is 0 Å². The average Bonchev–Trinajstić information content (AvgIpc) is 3.10. The molecule has 1 aliphatic heterocycles. The molecule has 0 N–H and O–H groups in total. The molecule has 1 saturated heterocycles. The second kappa shape index (κ2) is 8.38. The molecule has 154 valence electrons. The number of aromatic nitrogens is 1. The maximum absolute atomic E-state index is 9.65. The molecule has 0 unspecified atom stereocenters. The lowest BCUT2D eigenvalue weighted by Gasteiger charge is -2.32. The minimum atomic E-state index is -0.501. The van der Waals surface area contributed by atoms with Crippen LogP contribution >= 0.6 is 0 Å². The molecule has 1 fully saturated rings. The van der Waals surface area contributed by atoms with E-state index in [9.17, 15) is 5.26 Å². The molecule has 2 aromatic rings. The lowest BCUT2D eigenvalue weighted by atomic mass is 9.71. The summed E-state index contributed by atoms with van der Waals surface area (Å²) in [5.74, 6) is -0.237. The summed E-state index contributed by atoms with van der Waals surface area (Å²) in [7, 11) is -0.501. The molecule has 5 heteroatoms. The minimum Gasteiger partial charge on any atom is -0.400 e. The van der Waals surface area contributed by atoms with E-state index < -0.39 is 18.3 Å². The number of nitrogens with zero attached hydrogens (tertiary/aromatic N) is 2. The summed E-state index contributed by atoms with van der Waals surface area (Å²) in [5, 5.41) is 11.0. The molecule has 1 aliphatic rings. The van der Waals surface area contributed by atoms with Gasteiger partial charge in [0, 0.05) is 23.6 Å². The first-order chi connectivity index (χ1) is 13.7. The van der Waals surface area contributed by atoms with Crippen LogP contribution in [-0.2, 0) is 15.9 Å². The first-order valence-corrected chi connectivity index (χ1v) is 10.6. The first kappa shape index (κ1) is 21.7. The fourth-order valence-corrected chi connectivity index (χ4v) is 3.91. The van der Waals surface area contributed by atoms with Gasteiger partial charge in [0.15, 0.2) is 0 Å². The van der Waals surface area contributed by atoms with Gasteiger partial charge in [0.1, 0.15) is 0 Å². The summed E-state index contributed by atoms with van der Waals surface area (Å²) in [5.41, 5.74) is 2.56. The highest BCUT2D eigenvalue weighted by molar-refractivity contribution is 6.54. The van der Waals surface area contributed by atoms with Crippen LogP contribution in [0.2, 0.25) is 0 Å². The first-order valence-electron chi connectivity index (χ1n) is 10.6. The normalized spacial score (nSPS) is 18.7. The van der Waals surface area contributed by atoms with Gasteiger partial charge in [-0.25, -0.2) is 0 Å². The Balaban J connectivity index is 1.48. The molecular formula is C24H33BN2O2. The summed E-state index contributed by atoms with van der Waals surface area (Å²) >= 11 is 0. The van der Waals surface area contributed by atoms with Crippen LogP contribution in [0.5, 0.6) is 0 Å². The maximum Gasteiger partial charge on any atom is 0.491 e. The highest BCUT2D eigenvalue weighted by atomic mass is 16.7.